The third-order valence-corrected chi connectivity index (χ3v) is 4.35. The Labute approximate surface area is 106 Å². The molecule has 1 saturated heterocycles. The number of thioether (sulfide) groups is 1. The van der Waals surface area contributed by atoms with Crippen LogP contribution in [0, 0.1) is 0 Å². The molecule has 1 aromatic heterocycles. The summed E-state index contributed by atoms with van der Waals surface area (Å²) in [5.41, 5.74) is 0. The molecular formula is C11H16ClN3S. The maximum absolute atomic E-state index is 5.73. The summed E-state index contributed by atoms with van der Waals surface area (Å²) in [7, 11) is 0. The molecule has 0 amide bonds. The highest BCUT2D eigenvalue weighted by molar-refractivity contribution is 8.00. The van der Waals surface area contributed by atoms with Crippen LogP contribution in [0.2, 0.25) is 5.15 Å². The van der Waals surface area contributed by atoms with Gasteiger partial charge in [-0.3, -0.25) is 0 Å². The summed E-state index contributed by atoms with van der Waals surface area (Å²) in [6.07, 6.45) is 1.17. The third kappa shape index (κ3) is 3.01. The lowest BCUT2D eigenvalue weighted by atomic mass is 10.1. The van der Waals surface area contributed by atoms with Gasteiger partial charge >= 0.3 is 0 Å². The van der Waals surface area contributed by atoms with E-state index in [1.165, 1.54) is 6.42 Å². The van der Waals surface area contributed by atoms with E-state index in [0.717, 1.165) is 24.7 Å². The Balaban J connectivity index is 2.08. The monoisotopic (exact) mass is 257 g/mol. The number of hydrogen-bond donors (Lipinski definition) is 0. The van der Waals surface area contributed by atoms with Crippen molar-refractivity contribution in [1.29, 1.82) is 0 Å². The van der Waals surface area contributed by atoms with Gasteiger partial charge in [0.2, 0.25) is 0 Å². The standard InChI is InChI=1S/C11H16ClN3S/c1-11(2)5-6-15(7-8-16-11)10-4-3-9(12)13-14-10/h3-4H,5-8H2,1-2H3. The molecule has 2 rings (SSSR count). The van der Waals surface area contributed by atoms with Gasteiger partial charge in [-0.1, -0.05) is 25.4 Å². The Hall–Kier alpha value is -0.480. The normalized spacial score (nSPS) is 20.6. The summed E-state index contributed by atoms with van der Waals surface area (Å²) >= 11 is 7.76. The predicted molar refractivity (Wildman–Crippen MR) is 70.4 cm³/mol. The Bertz CT molecular complexity index is 353. The second-order valence-corrected chi connectivity index (χ2v) is 6.75. The minimum Gasteiger partial charge on any atom is -0.354 e. The zero-order chi connectivity index (χ0) is 11.6. The summed E-state index contributed by atoms with van der Waals surface area (Å²) in [5, 5.41) is 8.47. The van der Waals surface area contributed by atoms with Crippen LogP contribution in [-0.2, 0) is 0 Å². The maximum Gasteiger partial charge on any atom is 0.151 e. The molecule has 0 aromatic carbocycles. The molecule has 5 heteroatoms. The zero-order valence-electron chi connectivity index (χ0n) is 9.61. The van der Waals surface area contributed by atoms with Crippen LogP contribution in [0.1, 0.15) is 20.3 Å². The molecular weight excluding hydrogens is 242 g/mol. The van der Waals surface area contributed by atoms with Crippen LogP contribution in [0.3, 0.4) is 0 Å². The van der Waals surface area contributed by atoms with Crippen molar-refractivity contribution in [1.82, 2.24) is 10.2 Å². The Morgan fingerprint density at radius 3 is 2.81 bits per heavy atom. The van der Waals surface area contributed by atoms with Crippen molar-refractivity contribution in [3.8, 4) is 0 Å². The maximum atomic E-state index is 5.73. The molecule has 2 heterocycles. The first-order chi connectivity index (χ1) is 7.57. The first-order valence-corrected chi connectivity index (χ1v) is 6.81. The fourth-order valence-electron chi connectivity index (χ4n) is 1.73. The van der Waals surface area contributed by atoms with E-state index >= 15 is 0 Å². The van der Waals surface area contributed by atoms with Crippen LogP contribution in [-0.4, -0.2) is 33.8 Å². The third-order valence-electron chi connectivity index (χ3n) is 2.78. The van der Waals surface area contributed by atoms with E-state index in [9.17, 15) is 0 Å². The number of rotatable bonds is 1. The molecule has 3 nitrogen and oxygen atoms in total. The molecule has 1 aliphatic rings. The van der Waals surface area contributed by atoms with E-state index in [1.807, 2.05) is 17.8 Å². The Kier molecular flexibility index (Phi) is 3.60. The minimum absolute atomic E-state index is 0.370. The van der Waals surface area contributed by atoms with Crippen molar-refractivity contribution in [2.45, 2.75) is 25.0 Å². The second-order valence-electron chi connectivity index (χ2n) is 4.56. The molecule has 0 spiro atoms. The van der Waals surface area contributed by atoms with Crippen LogP contribution in [0.4, 0.5) is 5.82 Å². The van der Waals surface area contributed by atoms with Gasteiger partial charge in [-0.05, 0) is 18.6 Å². The molecule has 1 aliphatic heterocycles. The van der Waals surface area contributed by atoms with Crippen molar-refractivity contribution in [3.05, 3.63) is 17.3 Å². The Morgan fingerprint density at radius 1 is 1.31 bits per heavy atom. The highest BCUT2D eigenvalue weighted by Crippen LogP contribution is 2.31. The molecule has 88 valence electrons. The topological polar surface area (TPSA) is 29.0 Å². The molecule has 0 bridgehead atoms. The molecule has 0 N–H and O–H groups in total. The highest BCUT2D eigenvalue weighted by Gasteiger charge is 2.24. The van der Waals surface area contributed by atoms with Crippen molar-refractivity contribution in [2.24, 2.45) is 0 Å². The Morgan fingerprint density at radius 2 is 2.12 bits per heavy atom. The van der Waals surface area contributed by atoms with Crippen molar-refractivity contribution in [3.63, 3.8) is 0 Å². The summed E-state index contributed by atoms with van der Waals surface area (Å²) in [4.78, 5) is 2.28. The first-order valence-electron chi connectivity index (χ1n) is 5.45. The van der Waals surface area contributed by atoms with Gasteiger partial charge in [-0.15, -0.1) is 10.2 Å². The van der Waals surface area contributed by atoms with E-state index in [4.69, 9.17) is 11.6 Å². The molecule has 0 atom stereocenters. The van der Waals surface area contributed by atoms with Gasteiger partial charge in [0, 0.05) is 23.6 Å². The lowest BCUT2D eigenvalue weighted by molar-refractivity contribution is 0.633. The van der Waals surface area contributed by atoms with Crippen molar-refractivity contribution < 1.29 is 0 Å². The SMILES string of the molecule is CC1(C)CCN(c2ccc(Cl)nn2)CCS1. The van der Waals surface area contributed by atoms with E-state index in [2.05, 4.69) is 28.9 Å². The quantitative estimate of drug-likeness (QED) is 0.774. The summed E-state index contributed by atoms with van der Waals surface area (Å²) in [6.45, 7) is 6.67. The molecule has 0 unspecified atom stereocenters. The predicted octanol–water partition coefficient (Wildman–Crippen LogP) is 2.85. The lowest BCUT2D eigenvalue weighted by Crippen LogP contribution is -2.27. The summed E-state index contributed by atoms with van der Waals surface area (Å²) in [6, 6.07) is 3.74. The van der Waals surface area contributed by atoms with Crippen molar-refractivity contribution >= 4 is 29.2 Å². The number of halogens is 1. The zero-order valence-corrected chi connectivity index (χ0v) is 11.2. The van der Waals surface area contributed by atoms with Crippen LogP contribution in [0.5, 0.6) is 0 Å². The number of anilines is 1. The molecule has 1 fully saturated rings. The molecule has 0 saturated carbocycles. The number of hydrogen-bond acceptors (Lipinski definition) is 4. The summed E-state index contributed by atoms with van der Waals surface area (Å²) < 4.78 is 0.370. The molecule has 0 aliphatic carbocycles. The van der Waals surface area contributed by atoms with Gasteiger partial charge in [0.1, 0.15) is 0 Å². The average molecular weight is 258 g/mol. The number of nitrogens with zero attached hydrogens (tertiary/aromatic N) is 3. The molecule has 1 aromatic rings. The summed E-state index contributed by atoms with van der Waals surface area (Å²) in [5.74, 6) is 2.07. The van der Waals surface area contributed by atoms with E-state index in [-0.39, 0.29) is 0 Å². The fraction of sp³-hybridized carbons (Fsp3) is 0.636. The lowest BCUT2D eigenvalue weighted by Gasteiger charge is -2.22. The molecule has 0 radical (unpaired) electrons. The minimum atomic E-state index is 0.370. The van der Waals surface area contributed by atoms with Gasteiger partial charge in [0.15, 0.2) is 11.0 Å². The van der Waals surface area contributed by atoms with Crippen LogP contribution in [0.15, 0.2) is 12.1 Å². The second kappa shape index (κ2) is 4.80. The molecule has 16 heavy (non-hydrogen) atoms. The van der Waals surface area contributed by atoms with Gasteiger partial charge in [0.05, 0.1) is 0 Å². The fourth-order valence-corrected chi connectivity index (χ4v) is 2.93. The van der Waals surface area contributed by atoms with Crippen molar-refractivity contribution in [2.75, 3.05) is 23.7 Å². The smallest absolute Gasteiger partial charge is 0.151 e. The van der Waals surface area contributed by atoms with Crippen LogP contribution < -0.4 is 4.90 Å². The largest absolute Gasteiger partial charge is 0.354 e. The van der Waals surface area contributed by atoms with Gasteiger partial charge in [-0.25, -0.2) is 0 Å². The highest BCUT2D eigenvalue weighted by atomic mass is 35.5. The first kappa shape index (κ1) is 12.0. The van der Waals surface area contributed by atoms with Gasteiger partial charge in [0.25, 0.3) is 0 Å². The van der Waals surface area contributed by atoms with E-state index in [0.29, 0.717) is 9.90 Å². The van der Waals surface area contributed by atoms with Crippen LogP contribution in [0.25, 0.3) is 0 Å². The van der Waals surface area contributed by atoms with Crippen LogP contribution >= 0.6 is 23.4 Å². The van der Waals surface area contributed by atoms with E-state index < -0.39 is 0 Å². The van der Waals surface area contributed by atoms with E-state index in [1.54, 1.807) is 6.07 Å². The number of aromatic nitrogens is 2. The van der Waals surface area contributed by atoms with Gasteiger partial charge in [-0.2, -0.15) is 11.8 Å². The average Bonchev–Trinajstić information content (AvgIpc) is 2.41. The van der Waals surface area contributed by atoms with Gasteiger partial charge < -0.3 is 4.90 Å².